The van der Waals surface area contributed by atoms with Gasteiger partial charge in [-0.1, -0.05) is 0 Å². The van der Waals surface area contributed by atoms with E-state index >= 15 is 0 Å². The number of benzene rings is 1. The van der Waals surface area contributed by atoms with Gasteiger partial charge in [0.2, 0.25) is 15.2 Å². The van der Waals surface area contributed by atoms with Gasteiger partial charge in [0.25, 0.3) is 0 Å². The molecule has 1 N–H and O–H groups in total. The van der Waals surface area contributed by atoms with Gasteiger partial charge in [-0.25, -0.2) is 31.9 Å². The Hall–Kier alpha value is -2.11. The first-order valence-electron chi connectivity index (χ1n) is 7.45. The first-order valence-corrected chi connectivity index (χ1v) is 9.71. The van der Waals surface area contributed by atoms with Crippen molar-refractivity contribution >= 4 is 32.6 Å². The number of aromatic nitrogens is 4. The quantitative estimate of drug-likeness (QED) is 0.708. The lowest BCUT2D eigenvalue weighted by Crippen LogP contribution is -2.38. The van der Waals surface area contributed by atoms with Gasteiger partial charge in [0, 0.05) is 18.6 Å². The summed E-state index contributed by atoms with van der Waals surface area (Å²) in [6.07, 6.45) is 2.28. The Labute approximate surface area is 146 Å². The summed E-state index contributed by atoms with van der Waals surface area (Å²) in [5, 5.41) is 0.348. The van der Waals surface area contributed by atoms with Crippen molar-refractivity contribution in [1.82, 2.24) is 23.2 Å². The molecule has 0 bridgehead atoms. The SMILES string of the molecule is Cn1c(=O)n(-c2ncns2)c2cc(S(=O)(=O)NC3(CF)CC3)ccc21. The standard InChI is InChI=1S/C14H14FN5O3S2/c1-19-10-3-2-9(25(22,23)18-14(7-15)4-5-14)6-11(10)20(13(19)21)12-16-8-17-24-12/h2-3,6,8,18H,4-5,7H2,1H3. The third-order valence-corrected chi connectivity index (χ3v) is 6.57. The summed E-state index contributed by atoms with van der Waals surface area (Å²) in [6.45, 7) is -0.741. The van der Waals surface area contributed by atoms with E-state index in [1.165, 1.54) is 27.6 Å². The predicted octanol–water partition coefficient (Wildman–Crippen LogP) is 0.961. The van der Waals surface area contributed by atoms with E-state index in [9.17, 15) is 17.6 Å². The normalized spacial score (nSPS) is 16.4. The fourth-order valence-electron chi connectivity index (χ4n) is 2.70. The predicted molar refractivity (Wildman–Crippen MR) is 90.2 cm³/mol. The Bertz CT molecular complexity index is 1110. The summed E-state index contributed by atoms with van der Waals surface area (Å²) >= 11 is 1.03. The molecule has 11 heteroatoms. The molecule has 25 heavy (non-hydrogen) atoms. The van der Waals surface area contributed by atoms with Gasteiger partial charge in [-0.05, 0) is 31.0 Å². The summed E-state index contributed by atoms with van der Waals surface area (Å²) < 4.78 is 47.2. The van der Waals surface area contributed by atoms with Crippen LogP contribution in [0.15, 0.2) is 34.2 Å². The van der Waals surface area contributed by atoms with E-state index in [2.05, 4.69) is 14.1 Å². The summed E-state index contributed by atoms with van der Waals surface area (Å²) in [6, 6.07) is 4.36. The fraction of sp³-hybridized carbons (Fsp3) is 0.357. The van der Waals surface area contributed by atoms with Gasteiger partial charge in [-0.15, -0.1) is 0 Å². The summed E-state index contributed by atoms with van der Waals surface area (Å²) in [5.74, 6) is 0. The van der Waals surface area contributed by atoms with E-state index in [1.807, 2.05) is 0 Å². The molecule has 132 valence electrons. The molecule has 0 amide bonds. The Morgan fingerprint density at radius 1 is 1.36 bits per heavy atom. The van der Waals surface area contributed by atoms with Crippen LogP contribution in [0.5, 0.6) is 0 Å². The van der Waals surface area contributed by atoms with E-state index in [0.29, 0.717) is 29.0 Å². The third kappa shape index (κ3) is 2.58. The first kappa shape index (κ1) is 16.4. The minimum absolute atomic E-state index is 0.0245. The monoisotopic (exact) mass is 383 g/mol. The van der Waals surface area contributed by atoms with E-state index in [4.69, 9.17) is 0 Å². The van der Waals surface area contributed by atoms with Crippen LogP contribution in [0.4, 0.5) is 4.39 Å². The molecule has 1 saturated carbocycles. The van der Waals surface area contributed by atoms with E-state index in [1.54, 1.807) is 13.1 Å². The molecule has 0 aliphatic heterocycles. The zero-order valence-corrected chi connectivity index (χ0v) is 14.8. The second-order valence-corrected chi connectivity index (χ2v) is 8.51. The lowest BCUT2D eigenvalue weighted by Gasteiger charge is -2.13. The van der Waals surface area contributed by atoms with Gasteiger partial charge in [-0.3, -0.25) is 4.57 Å². The Kier molecular flexibility index (Phi) is 3.56. The van der Waals surface area contributed by atoms with E-state index in [0.717, 1.165) is 11.5 Å². The number of imidazole rings is 1. The van der Waals surface area contributed by atoms with Crippen LogP contribution in [-0.4, -0.2) is 39.1 Å². The number of halogens is 1. The van der Waals surface area contributed by atoms with Crippen molar-refractivity contribution in [1.29, 1.82) is 0 Å². The number of rotatable bonds is 5. The van der Waals surface area contributed by atoms with Crippen LogP contribution >= 0.6 is 11.5 Å². The highest BCUT2D eigenvalue weighted by Crippen LogP contribution is 2.37. The van der Waals surface area contributed by atoms with Crippen LogP contribution in [0.3, 0.4) is 0 Å². The lowest BCUT2D eigenvalue weighted by atomic mass is 10.3. The van der Waals surface area contributed by atoms with Crippen LogP contribution in [0, 0.1) is 0 Å². The van der Waals surface area contributed by atoms with Crippen LogP contribution in [0.25, 0.3) is 16.2 Å². The molecule has 1 aliphatic carbocycles. The Morgan fingerprint density at radius 2 is 2.12 bits per heavy atom. The van der Waals surface area contributed by atoms with Crippen molar-refractivity contribution in [2.75, 3.05) is 6.67 Å². The number of aryl methyl sites for hydroxylation is 1. The topological polar surface area (TPSA) is 98.9 Å². The zero-order chi connectivity index (χ0) is 17.8. The molecule has 1 fully saturated rings. The highest BCUT2D eigenvalue weighted by Gasteiger charge is 2.46. The molecule has 1 aromatic carbocycles. The first-order chi connectivity index (χ1) is 11.9. The molecular weight excluding hydrogens is 369 g/mol. The number of hydrogen-bond acceptors (Lipinski definition) is 6. The maximum atomic E-state index is 13.0. The molecule has 0 spiro atoms. The summed E-state index contributed by atoms with van der Waals surface area (Å²) in [7, 11) is -2.30. The maximum absolute atomic E-state index is 13.0. The minimum atomic E-state index is -3.90. The summed E-state index contributed by atoms with van der Waals surface area (Å²) in [4.78, 5) is 16.5. The number of nitrogens with one attached hydrogen (secondary N) is 1. The van der Waals surface area contributed by atoms with Crippen molar-refractivity contribution in [3.05, 3.63) is 35.0 Å². The van der Waals surface area contributed by atoms with Gasteiger partial charge in [-0.2, -0.15) is 4.37 Å². The molecule has 2 aromatic heterocycles. The van der Waals surface area contributed by atoms with Gasteiger partial charge in [0.05, 0.1) is 21.5 Å². The van der Waals surface area contributed by atoms with Crippen molar-refractivity contribution in [3.8, 4) is 5.13 Å². The number of fused-ring (bicyclic) bond motifs is 1. The van der Waals surface area contributed by atoms with Gasteiger partial charge >= 0.3 is 5.69 Å². The molecule has 0 atom stereocenters. The van der Waals surface area contributed by atoms with Gasteiger partial charge < -0.3 is 0 Å². The molecule has 4 rings (SSSR count). The molecular formula is C14H14FN5O3S2. The number of sulfonamides is 1. The highest BCUT2D eigenvalue weighted by molar-refractivity contribution is 7.89. The van der Waals surface area contributed by atoms with Crippen LogP contribution < -0.4 is 10.4 Å². The Morgan fingerprint density at radius 3 is 2.72 bits per heavy atom. The highest BCUT2D eigenvalue weighted by atomic mass is 32.2. The average molecular weight is 383 g/mol. The smallest absolute Gasteiger partial charge is 0.295 e. The number of nitrogens with zero attached hydrogens (tertiary/aromatic N) is 4. The number of hydrogen-bond donors (Lipinski definition) is 1. The zero-order valence-electron chi connectivity index (χ0n) is 13.1. The minimum Gasteiger partial charge on any atom is -0.295 e. The van der Waals surface area contributed by atoms with Crippen LogP contribution in [-0.2, 0) is 17.1 Å². The van der Waals surface area contributed by atoms with Crippen molar-refractivity contribution in [3.63, 3.8) is 0 Å². The molecule has 0 radical (unpaired) electrons. The van der Waals surface area contributed by atoms with Crippen molar-refractivity contribution < 1.29 is 12.8 Å². The molecule has 0 unspecified atom stereocenters. The second-order valence-electron chi connectivity index (χ2n) is 6.07. The third-order valence-electron chi connectivity index (χ3n) is 4.34. The van der Waals surface area contributed by atoms with Crippen molar-refractivity contribution in [2.45, 2.75) is 23.3 Å². The van der Waals surface area contributed by atoms with Gasteiger partial charge in [0.15, 0.2) is 0 Å². The van der Waals surface area contributed by atoms with Crippen molar-refractivity contribution in [2.24, 2.45) is 7.05 Å². The maximum Gasteiger partial charge on any atom is 0.335 e. The molecule has 3 aromatic rings. The molecule has 8 nitrogen and oxygen atoms in total. The average Bonchev–Trinajstić information content (AvgIpc) is 3.04. The lowest BCUT2D eigenvalue weighted by molar-refractivity contribution is 0.393. The van der Waals surface area contributed by atoms with Crippen LogP contribution in [0.2, 0.25) is 0 Å². The van der Waals surface area contributed by atoms with E-state index < -0.39 is 22.2 Å². The van der Waals surface area contributed by atoms with Gasteiger partial charge in [0.1, 0.15) is 13.0 Å². The Balaban J connectivity index is 1.88. The summed E-state index contributed by atoms with van der Waals surface area (Å²) in [5.41, 5.74) is -0.372. The van der Waals surface area contributed by atoms with Crippen LogP contribution in [0.1, 0.15) is 12.8 Å². The second kappa shape index (κ2) is 5.44. The molecule has 2 heterocycles. The van der Waals surface area contributed by atoms with E-state index in [-0.39, 0.29) is 10.6 Å². The molecule has 0 saturated heterocycles. The fourth-order valence-corrected chi connectivity index (χ4v) is 4.70. The molecule has 1 aliphatic rings. The largest absolute Gasteiger partial charge is 0.335 e. The number of alkyl halides is 1.